The Hall–Kier alpha value is -5.06. The van der Waals surface area contributed by atoms with E-state index in [0.29, 0.717) is 0 Å². The summed E-state index contributed by atoms with van der Waals surface area (Å²) >= 11 is 11.0. The summed E-state index contributed by atoms with van der Waals surface area (Å²) < 4.78 is 3.40. The Morgan fingerprint density at radius 3 is 1.15 bits per heavy atom. The summed E-state index contributed by atoms with van der Waals surface area (Å²) in [5, 5.41) is 15.6. The highest BCUT2D eigenvalue weighted by Gasteiger charge is 2.18. The van der Waals surface area contributed by atoms with Crippen LogP contribution >= 0.6 is 47.8 Å². The molecule has 0 nitrogen and oxygen atoms in total. The monoisotopic (exact) mass is 866 g/mol. The van der Waals surface area contributed by atoms with Gasteiger partial charge in [0, 0.05) is 13.4 Å². The molecule has 0 amide bonds. The predicted octanol–water partition coefficient (Wildman–Crippen LogP) is 16.5. The molecule has 0 saturated heterocycles. The Balaban J connectivity index is 0.000000155. The zero-order valence-electron chi connectivity index (χ0n) is 28.4. The lowest BCUT2D eigenvalue weighted by Gasteiger charge is -2.19. The molecule has 0 aliphatic heterocycles. The Kier molecular flexibility index (Phi) is 8.06. The van der Waals surface area contributed by atoms with E-state index in [-0.39, 0.29) is 0 Å². The third-order valence-corrected chi connectivity index (χ3v) is 12.7. The Labute approximate surface area is 332 Å². The van der Waals surface area contributed by atoms with Crippen molar-refractivity contribution in [3.63, 3.8) is 0 Å². The first kappa shape index (κ1) is 32.6. The van der Waals surface area contributed by atoms with Gasteiger partial charge in [0.15, 0.2) is 0 Å². The second-order valence-electron chi connectivity index (χ2n) is 13.6. The number of rotatable bonds is 3. The number of hydrogen-bond donors (Lipinski definition) is 0. The van der Waals surface area contributed by atoms with Crippen molar-refractivity contribution >= 4 is 112 Å². The summed E-state index contributed by atoms with van der Waals surface area (Å²) in [5.41, 5.74) is 7.61. The molecule has 3 heteroatoms. The van der Waals surface area contributed by atoms with Crippen molar-refractivity contribution in [2.24, 2.45) is 0 Å². The van der Waals surface area contributed by atoms with Crippen molar-refractivity contribution in [1.29, 1.82) is 0 Å². The van der Waals surface area contributed by atoms with E-state index in [1.165, 1.54) is 98.0 Å². The van der Waals surface area contributed by atoms with Gasteiger partial charge in [0.25, 0.3) is 0 Å². The third kappa shape index (κ3) is 5.36. The van der Waals surface area contributed by atoms with Crippen LogP contribution in [0.15, 0.2) is 189 Å². The molecule has 0 radical (unpaired) electrons. The minimum atomic E-state index is 1.13. The molecule has 0 heterocycles. The lowest BCUT2D eigenvalue weighted by molar-refractivity contribution is 1.63. The van der Waals surface area contributed by atoms with Crippen LogP contribution in [0.2, 0.25) is 0 Å². The largest absolute Gasteiger partial charge is 0.0622 e. The van der Waals surface area contributed by atoms with Crippen molar-refractivity contribution in [2.75, 3.05) is 0 Å². The summed E-state index contributed by atoms with van der Waals surface area (Å²) in [6.45, 7) is 0. The molecule has 0 saturated carbocycles. The fourth-order valence-electron chi connectivity index (χ4n) is 8.26. The topological polar surface area (TPSA) is 0 Å². The summed E-state index contributed by atoms with van der Waals surface area (Å²) in [4.78, 5) is 0. The van der Waals surface area contributed by atoms with Crippen LogP contribution in [-0.2, 0) is 0 Å². The van der Waals surface area contributed by atoms with E-state index in [4.69, 9.17) is 0 Å². The first-order valence-corrected chi connectivity index (χ1v) is 20.0. The highest BCUT2D eigenvalue weighted by Crippen LogP contribution is 2.46. The van der Waals surface area contributed by atoms with Gasteiger partial charge in [-0.25, -0.2) is 0 Å². The third-order valence-electron chi connectivity index (χ3n) is 10.7. The summed E-state index contributed by atoms with van der Waals surface area (Å²) in [5.74, 6) is 0. The van der Waals surface area contributed by atoms with Crippen LogP contribution < -0.4 is 0 Å². The minimum absolute atomic E-state index is 1.13. The van der Waals surface area contributed by atoms with Crippen molar-refractivity contribution in [1.82, 2.24) is 0 Å². The highest BCUT2D eigenvalue weighted by atomic mass is 79.9. The number of halogens is 3. The quantitative estimate of drug-likeness (QED) is 0.155. The number of hydrogen-bond acceptors (Lipinski definition) is 0. The molecule has 11 aromatic rings. The highest BCUT2D eigenvalue weighted by molar-refractivity contribution is 9.11. The molecule has 0 fully saturated rings. The normalized spacial score (nSPS) is 11.7. The lowest BCUT2D eigenvalue weighted by Crippen LogP contribution is -1.92. The SMILES string of the molecule is Brc1ccc2ccc3c(Br)cc(Br)c4ccc1c2c34.c1ccc(-c2ccc3ccc4c(-c5ccccc5)cc(-c5ccccc5)c5ccc2c3c45)cc1. The van der Waals surface area contributed by atoms with Crippen LogP contribution in [0.1, 0.15) is 0 Å². The molecule has 250 valence electrons. The molecular weight excluding hydrogens is 840 g/mol. The average molecular weight is 869 g/mol. The van der Waals surface area contributed by atoms with Crippen molar-refractivity contribution in [2.45, 2.75) is 0 Å². The van der Waals surface area contributed by atoms with E-state index in [1.54, 1.807) is 0 Å². The molecular formula is C50H29Br3. The first-order chi connectivity index (χ1) is 26.0. The first-order valence-electron chi connectivity index (χ1n) is 17.7. The van der Waals surface area contributed by atoms with Crippen LogP contribution in [0.25, 0.3) is 98.0 Å². The average Bonchev–Trinajstić information content (AvgIpc) is 3.21. The maximum absolute atomic E-state index is 3.67. The second-order valence-corrected chi connectivity index (χ2v) is 16.1. The molecule has 0 aromatic heterocycles. The summed E-state index contributed by atoms with van der Waals surface area (Å²) in [6.07, 6.45) is 0. The number of benzene rings is 11. The van der Waals surface area contributed by atoms with Gasteiger partial charge in [-0.05, 0) is 116 Å². The molecule has 0 unspecified atom stereocenters. The molecule has 0 aliphatic carbocycles. The van der Waals surface area contributed by atoms with Crippen LogP contribution in [0.5, 0.6) is 0 Å². The van der Waals surface area contributed by atoms with Crippen LogP contribution in [0.4, 0.5) is 0 Å². The summed E-state index contributed by atoms with van der Waals surface area (Å²) in [6, 6.07) is 63.6. The minimum Gasteiger partial charge on any atom is -0.0622 e. The van der Waals surface area contributed by atoms with Gasteiger partial charge in [-0.3, -0.25) is 0 Å². The molecule has 11 aromatic carbocycles. The Morgan fingerprint density at radius 2 is 0.604 bits per heavy atom. The molecule has 0 bridgehead atoms. The smallest absolute Gasteiger partial charge is 0.0265 e. The Morgan fingerprint density at radius 1 is 0.245 bits per heavy atom. The van der Waals surface area contributed by atoms with Gasteiger partial charge in [0.05, 0.1) is 0 Å². The van der Waals surface area contributed by atoms with Crippen molar-refractivity contribution in [3.05, 3.63) is 189 Å². The van der Waals surface area contributed by atoms with Crippen LogP contribution in [-0.4, -0.2) is 0 Å². The van der Waals surface area contributed by atoms with Gasteiger partial charge < -0.3 is 0 Å². The van der Waals surface area contributed by atoms with Gasteiger partial charge in [-0.2, -0.15) is 0 Å². The molecule has 0 N–H and O–H groups in total. The van der Waals surface area contributed by atoms with E-state index in [0.717, 1.165) is 13.4 Å². The van der Waals surface area contributed by atoms with E-state index in [1.807, 2.05) is 0 Å². The fraction of sp³-hybridized carbons (Fsp3) is 0. The summed E-state index contributed by atoms with van der Waals surface area (Å²) in [7, 11) is 0. The van der Waals surface area contributed by atoms with Crippen molar-refractivity contribution < 1.29 is 0 Å². The van der Waals surface area contributed by atoms with Crippen LogP contribution in [0.3, 0.4) is 0 Å². The van der Waals surface area contributed by atoms with Gasteiger partial charge in [-0.15, -0.1) is 0 Å². The standard InChI is InChI=1S/C34H22.C16H7Br3/c1-4-10-23(11-5-1)27-18-16-26-17-19-29-31(24-12-6-2-7-13-24)22-32(25-14-8-3-9-15-25)30-21-20-28(27)33(26)34(29)30;17-12-6-2-8-1-3-10-13(18)7-14(19)11-5-4-9(12)15(8)16(10)11/h1-22H;1-7H. The fourth-order valence-corrected chi connectivity index (χ4v) is 10.1. The van der Waals surface area contributed by atoms with Gasteiger partial charge in [-0.1, -0.05) is 206 Å². The van der Waals surface area contributed by atoms with Crippen LogP contribution in [0, 0.1) is 0 Å². The van der Waals surface area contributed by atoms with E-state index >= 15 is 0 Å². The molecule has 53 heavy (non-hydrogen) atoms. The van der Waals surface area contributed by atoms with E-state index in [9.17, 15) is 0 Å². The molecule has 0 atom stereocenters. The lowest BCUT2D eigenvalue weighted by atomic mass is 9.84. The predicted molar refractivity (Wildman–Crippen MR) is 240 cm³/mol. The van der Waals surface area contributed by atoms with Gasteiger partial charge in [0.1, 0.15) is 0 Å². The second kappa shape index (κ2) is 13.1. The zero-order chi connectivity index (χ0) is 35.6. The maximum atomic E-state index is 3.67. The van der Waals surface area contributed by atoms with Gasteiger partial charge >= 0.3 is 0 Å². The molecule has 0 aliphatic rings. The molecule has 0 spiro atoms. The Bertz CT molecular complexity index is 3030. The van der Waals surface area contributed by atoms with E-state index < -0.39 is 0 Å². The van der Waals surface area contributed by atoms with Gasteiger partial charge in [0.2, 0.25) is 0 Å². The maximum Gasteiger partial charge on any atom is 0.0265 e. The molecule has 11 rings (SSSR count). The van der Waals surface area contributed by atoms with E-state index in [2.05, 4.69) is 224 Å². The van der Waals surface area contributed by atoms with Crippen molar-refractivity contribution in [3.8, 4) is 33.4 Å². The zero-order valence-corrected chi connectivity index (χ0v) is 33.1.